The Morgan fingerprint density at radius 2 is 2.38 bits per heavy atom. The quantitative estimate of drug-likeness (QED) is 0.817. The minimum atomic E-state index is -0.131. The number of hydrogen-bond acceptors (Lipinski definition) is 5. The lowest BCUT2D eigenvalue weighted by Crippen LogP contribution is -2.37. The lowest BCUT2D eigenvalue weighted by molar-refractivity contribution is -0.126. The second-order valence-corrected chi connectivity index (χ2v) is 6.91. The summed E-state index contributed by atoms with van der Waals surface area (Å²) in [4.78, 5) is 16.7. The van der Waals surface area contributed by atoms with Crippen molar-refractivity contribution in [3.8, 4) is 11.5 Å². The van der Waals surface area contributed by atoms with Gasteiger partial charge in [-0.2, -0.15) is 0 Å². The number of carbonyl (C=O) groups is 1. The summed E-state index contributed by atoms with van der Waals surface area (Å²) in [6, 6.07) is 5.75. The molecule has 2 aromatic rings. The smallest absolute Gasteiger partial charge is 0.226 e. The van der Waals surface area contributed by atoms with Crippen LogP contribution in [0.3, 0.4) is 0 Å². The predicted molar refractivity (Wildman–Crippen MR) is 93.9 cm³/mol. The summed E-state index contributed by atoms with van der Waals surface area (Å²) in [5.74, 6) is 1.52. The van der Waals surface area contributed by atoms with Gasteiger partial charge in [0.15, 0.2) is 0 Å². The summed E-state index contributed by atoms with van der Waals surface area (Å²) in [7, 11) is 1.63. The van der Waals surface area contributed by atoms with Gasteiger partial charge in [0.2, 0.25) is 5.91 Å². The van der Waals surface area contributed by atoms with Crippen molar-refractivity contribution in [1.29, 1.82) is 0 Å². The molecule has 5 nitrogen and oxygen atoms in total. The van der Waals surface area contributed by atoms with Crippen LogP contribution in [-0.2, 0) is 17.6 Å². The zero-order valence-corrected chi connectivity index (χ0v) is 14.8. The molecule has 0 saturated heterocycles. The fraction of sp³-hybridized carbons (Fsp3) is 0.444. The van der Waals surface area contributed by atoms with E-state index in [0.29, 0.717) is 19.6 Å². The van der Waals surface area contributed by atoms with E-state index in [9.17, 15) is 4.79 Å². The molecule has 1 aliphatic heterocycles. The van der Waals surface area contributed by atoms with E-state index < -0.39 is 0 Å². The number of thiazole rings is 1. The number of aromatic nitrogens is 1. The molecule has 1 amide bonds. The van der Waals surface area contributed by atoms with Crippen LogP contribution in [0.2, 0.25) is 0 Å². The zero-order chi connectivity index (χ0) is 16.9. The largest absolute Gasteiger partial charge is 0.497 e. The summed E-state index contributed by atoms with van der Waals surface area (Å²) in [5.41, 5.74) is 2.12. The highest BCUT2D eigenvalue weighted by Gasteiger charge is 2.26. The molecule has 6 heteroatoms. The minimum absolute atomic E-state index is 0.0618. The van der Waals surface area contributed by atoms with E-state index in [2.05, 4.69) is 15.7 Å². The van der Waals surface area contributed by atoms with E-state index >= 15 is 0 Å². The molecule has 0 bridgehead atoms. The zero-order valence-electron chi connectivity index (χ0n) is 14.0. The Morgan fingerprint density at radius 1 is 1.50 bits per heavy atom. The molecule has 1 unspecified atom stereocenters. The third-order valence-electron chi connectivity index (χ3n) is 4.08. The molecule has 1 aliphatic rings. The fourth-order valence-corrected chi connectivity index (χ4v) is 3.58. The first-order chi connectivity index (χ1) is 11.7. The third-order valence-corrected chi connectivity index (χ3v) is 5.11. The van der Waals surface area contributed by atoms with Gasteiger partial charge < -0.3 is 14.8 Å². The number of ether oxygens (including phenoxy) is 2. The maximum absolute atomic E-state index is 12.3. The van der Waals surface area contributed by atoms with Crippen molar-refractivity contribution < 1.29 is 14.3 Å². The Balaban J connectivity index is 1.45. The Bertz CT molecular complexity index is 714. The molecule has 1 aromatic carbocycles. The van der Waals surface area contributed by atoms with Crippen LogP contribution >= 0.6 is 11.3 Å². The molecule has 0 aliphatic carbocycles. The minimum Gasteiger partial charge on any atom is -0.497 e. The number of carbonyl (C=O) groups excluding carboxylic acids is 1. The summed E-state index contributed by atoms with van der Waals surface area (Å²) >= 11 is 1.68. The van der Waals surface area contributed by atoms with Crippen molar-refractivity contribution in [3.63, 3.8) is 0 Å². The van der Waals surface area contributed by atoms with Crippen LogP contribution in [-0.4, -0.2) is 31.2 Å². The summed E-state index contributed by atoms with van der Waals surface area (Å²) in [6.07, 6.45) is 2.51. The van der Waals surface area contributed by atoms with Crippen molar-refractivity contribution in [1.82, 2.24) is 10.3 Å². The van der Waals surface area contributed by atoms with Gasteiger partial charge in [-0.3, -0.25) is 4.79 Å². The van der Waals surface area contributed by atoms with Crippen LogP contribution in [0.15, 0.2) is 23.6 Å². The molecular weight excluding hydrogens is 324 g/mol. The number of methoxy groups -OCH3 is 1. The molecule has 3 rings (SSSR count). The molecule has 0 saturated carbocycles. The van der Waals surface area contributed by atoms with E-state index in [0.717, 1.165) is 40.6 Å². The highest BCUT2D eigenvalue weighted by Crippen LogP contribution is 2.31. The van der Waals surface area contributed by atoms with E-state index in [1.807, 2.05) is 25.1 Å². The molecule has 1 atom stereocenters. The molecule has 1 N–H and O–H groups in total. The van der Waals surface area contributed by atoms with Crippen molar-refractivity contribution in [2.75, 3.05) is 20.3 Å². The maximum atomic E-state index is 12.3. The van der Waals surface area contributed by atoms with Gasteiger partial charge in [-0.1, -0.05) is 6.07 Å². The first-order valence-corrected chi connectivity index (χ1v) is 9.02. The second kappa shape index (κ2) is 7.66. The highest BCUT2D eigenvalue weighted by molar-refractivity contribution is 7.09. The van der Waals surface area contributed by atoms with Crippen LogP contribution in [0, 0.1) is 12.8 Å². The molecule has 0 spiro atoms. The van der Waals surface area contributed by atoms with Gasteiger partial charge in [0, 0.05) is 30.1 Å². The molecular formula is C18H22N2O3S. The monoisotopic (exact) mass is 346 g/mol. The van der Waals surface area contributed by atoms with Crippen molar-refractivity contribution in [2.45, 2.75) is 26.2 Å². The molecule has 128 valence electrons. The number of hydrogen-bond donors (Lipinski definition) is 1. The average Bonchev–Trinajstić information content (AvgIpc) is 3.02. The number of benzene rings is 1. The van der Waals surface area contributed by atoms with Crippen LogP contribution < -0.4 is 14.8 Å². The van der Waals surface area contributed by atoms with E-state index in [1.54, 1.807) is 18.4 Å². The summed E-state index contributed by atoms with van der Waals surface area (Å²) < 4.78 is 10.9. The van der Waals surface area contributed by atoms with E-state index in [4.69, 9.17) is 9.47 Å². The summed E-state index contributed by atoms with van der Waals surface area (Å²) in [6.45, 7) is 3.08. The lowest BCUT2D eigenvalue weighted by Gasteiger charge is -2.25. The van der Waals surface area contributed by atoms with Crippen LogP contribution in [0.25, 0.3) is 0 Å². The van der Waals surface area contributed by atoms with Gasteiger partial charge in [0.05, 0.1) is 18.0 Å². The van der Waals surface area contributed by atoms with Gasteiger partial charge in [-0.15, -0.1) is 11.3 Å². The first kappa shape index (κ1) is 16.8. The number of rotatable bonds is 6. The van der Waals surface area contributed by atoms with Crippen molar-refractivity contribution in [2.24, 2.45) is 5.92 Å². The van der Waals surface area contributed by atoms with E-state index in [1.165, 1.54) is 0 Å². The molecule has 1 aromatic heterocycles. The van der Waals surface area contributed by atoms with Gasteiger partial charge in [-0.25, -0.2) is 4.98 Å². The Hall–Kier alpha value is -2.08. The molecule has 24 heavy (non-hydrogen) atoms. The summed E-state index contributed by atoms with van der Waals surface area (Å²) in [5, 5.41) is 6.20. The Kier molecular flexibility index (Phi) is 5.35. The number of fused-ring (bicyclic) bond motifs is 1. The van der Waals surface area contributed by atoms with Gasteiger partial charge in [-0.05, 0) is 31.4 Å². The third kappa shape index (κ3) is 4.06. The van der Waals surface area contributed by atoms with Crippen LogP contribution in [0.1, 0.15) is 22.7 Å². The molecule has 2 heterocycles. The van der Waals surface area contributed by atoms with E-state index in [-0.39, 0.29) is 11.8 Å². The van der Waals surface area contributed by atoms with Crippen molar-refractivity contribution >= 4 is 17.2 Å². The topological polar surface area (TPSA) is 60.5 Å². The van der Waals surface area contributed by atoms with Gasteiger partial charge in [0.25, 0.3) is 0 Å². The molecule has 0 fully saturated rings. The predicted octanol–water partition coefficient (Wildman–Crippen LogP) is 2.76. The highest BCUT2D eigenvalue weighted by atomic mass is 32.1. The Labute approximate surface area is 146 Å². The van der Waals surface area contributed by atoms with Crippen LogP contribution in [0.4, 0.5) is 0 Å². The average molecular weight is 346 g/mol. The van der Waals surface area contributed by atoms with Crippen LogP contribution in [0.5, 0.6) is 11.5 Å². The van der Waals surface area contributed by atoms with Gasteiger partial charge in [0.1, 0.15) is 18.1 Å². The lowest BCUT2D eigenvalue weighted by atomic mass is 9.96. The second-order valence-electron chi connectivity index (χ2n) is 5.96. The first-order valence-electron chi connectivity index (χ1n) is 8.14. The number of nitrogens with one attached hydrogen (secondary N) is 1. The Morgan fingerprint density at radius 3 is 3.12 bits per heavy atom. The SMILES string of the molecule is COc1ccc2c(c1)OCC(C(=O)NCCCc1nc(C)cs1)C2. The fourth-order valence-electron chi connectivity index (χ4n) is 2.76. The van der Waals surface area contributed by atoms with Crippen molar-refractivity contribution in [3.05, 3.63) is 39.8 Å². The maximum Gasteiger partial charge on any atom is 0.226 e. The number of aryl methyl sites for hydroxylation is 2. The van der Waals surface area contributed by atoms with Gasteiger partial charge >= 0.3 is 0 Å². The standard InChI is InChI=1S/C18H22N2O3S/c1-12-11-24-17(20-12)4-3-7-19-18(21)14-8-13-5-6-15(22-2)9-16(13)23-10-14/h5-6,9,11,14H,3-4,7-8,10H2,1-2H3,(H,19,21). The number of nitrogens with zero attached hydrogens (tertiary/aromatic N) is 1. The molecule has 0 radical (unpaired) electrons. The normalized spacial score (nSPS) is 16.2. The number of amides is 1.